The molecule has 1 aliphatic heterocycles. The number of benzene rings is 4. The first-order valence-electron chi connectivity index (χ1n) is 23.1. The molecule has 4 aromatic carbocycles. The average Bonchev–Trinajstić information content (AvgIpc) is 3.60. The van der Waals surface area contributed by atoms with E-state index < -0.39 is 8.07 Å². The summed E-state index contributed by atoms with van der Waals surface area (Å²) in [6, 6.07) is 52.1. The zero-order valence-corrected chi connectivity index (χ0v) is 49.5. The molecule has 0 spiro atoms. The standard InChI is InChI=1S/C52H68Br6Si3/c53-31-13-25-41(27-33-55)47(29-35-57)59-37-15-39-61(40-16-38-60-48(30-36-58)42(28-34-56)26-14-32-54)51(45-21-9-3-10-22-45)49(43-17-5-1-6-18-43)50(44-19-7-2-8-20-44)52(61)46-23-11-4-12-24-46/h1-12,17-24,41-42,47-48H,13-16,25-40,59-60H2. The lowest BCUT2D eigenvalue weighted by Gasteiger charge is -2.36. The van der Waals surface area contributed by atoms with Crippen molar-refractivity contribution in [2.24, 2.45) is 11.8 Å². The molecule has 9 heteroatoms. The molecule has 4 atom stereocenters. The molecular formula is C52H68Br6Si3. The summed E-state index contributed by atoms with van der Waals surface area (Å²) in [6.45, 7) is 0. The van der Waals surface area contributed by atoms with Gasteiger partial charge in [-0.05, 0) is 130 Å². The monoisotopic (exact) mass is 1250 g/mol. The molecule has 0 saturated heterocycles. The number of hydrogen-bond donors (Lipinski definition) is 0. The van der Waals surface area contributed by atoms with Crippen LogP contribution in [0.2, 0.25) is 35.3 Å². The Kier molecular flexibility index (Phi) is 25.1. The van der Waals surface area contributed by atoms with E-state index in [-0.39, 0.29) is 19.0 Å². The Morgan fingerprint density at radius 3 is 1.00 bits per heavy atom. The van der Waals surface area contributed by atoms with Crippen LogP contribution in [-0.4, -0.2) is 59.1 Å². The van der Waals surface area contributed by atoms with Crippen molar-refractivity contribution in [3.63, 3.8) is 0 Å². The molecular weight excluding hydrogens is 1190 g/mol. The topological polar surface area (TPSA) is 0 Å². The van der Waals surface area contributed by atoms with E-state index in [1.165, 1.54) is 122 Å². The van der Waals surface area contributed by atoms with E-state index in [2.05, 4.69) is 217 Å². The Bertz CT molecular complexity index is 1720. The summed E-state index contributed by atoms with van der Waals surface area (Å²) < 4.78 is 0. The number of rotatable bonds is 30. The maximum absolute atomic E-state index is 3.91. The number of allylic oxidation sites excluding steroid dienone is 2. The smallest absolute Gasteiger partial charge is 0.0928 e. The van der Waals surface area contributed by atoms with Crippen molar-refractivity contribution in [3.05, 3.63) is 144 Å². The maximum atomic E-state index is 3.91. The van der Waals surface area contributed by atoms with Crippen LogP contribution in [-0.2, 0) is 0 Å². The second kappa shape index (κ2) is 29.5. The number of alkyl halides is 6. The Hall–Kier alpha value is -0.109. The normalized spacial score (nSPS) is 16.3. The summed E-state index contributed by atoms with van der Waals surface area (Å²) >= 11 is 23.1. The highest BCUT2D eigenvalue weighted by molar-refractivity contribution is 9.10. The first kappa shape index (κ1) is 51.9. The van der Waals surface area contributed by atoms with Crippen molar-refractivity contribution in [2.75, 3.05) is 32.0 Å². The van der Waals surface area contributed by atoms with Gasteiger partial charge in [0.25, 0.3) is 0 Å². The van der Waals surface area contributed by atoms with Crippen LogP contribution >= 0.6 is 95.6 Å². The second-order valence-corrected chi connectivity index (χ2v) is 30.7. The van der Waals surface area contributed by atoms with Gasteiger partial charge in [0.1, 0.15) is 8.07 Å². The first-order valence-corrected chi connectivity index (χ1v) is 35.9. The van der Waals surface area contributed by atoms with Gasteiger partial charge >= 0.3 is 0 Å². The van der Waals surface area contributed by atoms with Gasteiger partial charge in [0.15, 0.2) is 0 Å². The van der Waals surface area contributed by atoms with Gasteiger partial charge in [-0.15, -0.1) is 0 Å². The van der Waals surface area contributed by atoms with Crippen molar-refractivity contribution in [2.45, 2.75) is 99.5 Å². The molecule has 4 unspecified atom stereocenters. The number of hydrogen-bond acceptors (Lipinski definition) is 0. The third-order valence-electron chi connectivity index (χ3n) is 13.5. The minimum atomic E-state index is -2.41. The lowest BCUT2D eigenvalue weighted by Crippen LogP contribution is -2.37. The Labute approximate surface area is 426 Å². The summed E-state index contributed by atoms with van der Waals surface area (Å²) in [5.41, 5.74) is 10.5. The van der Waals surface area contributed by atoms with Crippen LogP contribution in [0.3, 0.4) is 0 Å². The van der Waals surface area contributed by atoms with Gasteiger partial charge in [-0.1, -0.05) is 242 Å². The van der Waals surface area contributed by atoms with Crippen LogP contribution < -0.4 is 0 Å². The molecule has 61 heavy (non-hydrogen) atoms. The quantitative estimate of drug-likeness (QED) is 0.0277. The molecule has 0 aromatic heterocycles. The minimum absolute atomic E-state index is 0.275. The highest BCUT2D eigenvalue weighted by Gasteiger charge is 2.49. The summed E-state index contributed by atoms with van der Waals surface area (Å²) in [4.78, 5) is 0. The molecule has 0 bridgehead atoms. The molecule has 0 fully saturated rings. The first-order chi connectivity index (χ1) is 30.1. The van der Waals surface area contributed by atoms with Gasteiger partial charge < -0.3 is 0 Å². The van der Waals surface area contributed by atoms with Crippen LogP contribution in [0, 0.1) is 11.8 Å². The summed E-state index contributed by atoms with van der Waals surface area (Å²) in [5.74, 6) is 1.68. The molecule has 0 radical (unpaired) electrons. The fourth-order valence-electron chi connectivity index (χ4n) is 10.7. The van der Waals surface area contributed by atoms with E-state index in [1.54, 1.807) is 10.4 Å². The fraction of sp³-hybridized carbons (Fsp3) is 0.462. The van der Waals surface area contributed by atoms with Crippen LogP contribution in [0.5, 0.6) is 0 Å². The van der Waals surface area contributed by atoms with Gasteiger partial charge in [-0.25, -0.2) is 0 Å². The van der Waals surface area contributed by atoms with Crippen molar-refractivity contribution in [1.29, 1.82) is 0 Å². The van der Waals surface area contributed by atoms with Crippen molar-refractivity contribution in [1.82, 2.24) is 0 Å². The lowest BCUT2D eigenvalue weighted by atomic mass is 9.89. The SMILES string of the molecule is BrCCCC(CCBr)C(CCBr)[SiH2]CCC[Si]1(CCC[SiH2]C(CCBr)C(CCBr)CCCBr)C(c2ccccc2)=C(c2ccccc2)C(c2ccccc2)=C1c1ccccc1. The molecule has 4 aromatic rings. The Balaban J connectivity index is 1.66. The lowest BCUT2D eigenvalue weighted by molar-refractivity contribution is 0.431. The maximum Gasteiger partial charge on any atom is 0.121 e. The van der Waals surface area contributed by atoms with Gasteiger partial charge in [0.2, 0.25) is 0 Å². The van der Waals surface area contributed by atoms with Crippen molar-refractivity contribution < 1.29 is 0 Å². The number of halogens is 6. The molecule has 1 heterocycles. The van der Waals surface area contributed by atoms with E-state index in [4.69, 9.17) is 0 Å². The van der Waals surface area contributed by atoms with E-state index in [0.717, 1.165) is 54.9 Å². The Morgan fingerprint density at radius 1 is 0.361 bits per heavy atom. The molecule has 5 rings (SSSR count). The molecule has 1 aliphatic rings. The van der Waals surface area contributed by atoms with E-state index >= 15 is 0 Å². The molecule has 0 N–H and O–H groups in total. The predicted molar refractivity (Wildman–Crippen MR) is 305 cm³/mol. The highest BCUT2D eigenvalue weighted by atomic mass is 79.9. The Morgan fingerprint density at radius 2 is 0.689 bits per heavy atom. The summed E-state index contributed by atoms with van der Waals surface area (Å²) in [5, 5.41) is 10.2. The largest absolute Gasteiger partial charge is 0.121 e. The highest BCUT2D eigenvalue weighted by Crippen LogP contribution is 2.59. The van der Waals surface area contributed by atoms with Crippen LogP contribution in [0.25, 0.3) is 21.5 Å². The van der Waals surface area contributed by atoms with E-state index in [9.17, 15) is 0 Å². The minimum Gasteiger partial charge on any atom is -0.0928 e. The molecule has 330 valence electrons. The molecule has 0 nitrogen and oxygen atoms in total. The summed E-state index contributed by atoms with van der Waals surface area (Å²) in [6.07, 6.45) is 13.3. The van der Waals surface area contributed by atoms with Crippen LogP contribution in [0.1, 0.15) is 86.5 Å². The van der Waals surface area contributed by atoms with Gasteiger partial charge in [-0.3, -0.25) is 0 Å². The van der Waals surface area contributed by atoms with Crippen molar-refractivity contribution >= 4 is 144 Å². The second-order valence-electron chi connectivity index (χ2n) is 17.2. The zero-order valence-electron chi connectivity index (χ0n) is 36.2. The summed E-state index contributed by atoms with van der Waals surface area (Å²) in [7, 11) is -2.96. The third kappa shape index (κ3) is 14.9. The zero-order chi connectivity index (χ0) is 43.1. The van der Waals surface area contributed by atoms with Gasteiger partial charge in [0, 0.05) is 51.0 Å². The van der Waals surface area contributed by atoms with E-state index in [1.807, 2.05) is 0 Å². The molecule has 0 aliphatic carbocycles. The van der Waals surface area contributed by atoms with Crippen molar-refractivity contribution in [3.8, 4) is 0 Å². The molecule has 0 saturated carbocycles. The van der Waals surface area contributed by atoms with Gasteiger partial charge in [0.05, 0.1) is 0 Å². The third-order valence-corrected chi connectivity index (χ3v) is 27.3. The fourth-order valence-corrected chi connectivity index (χ4v) is 27.0. The van der Waals surface area contributed by atoms with E-state index in [0.29, 0.717) is 0 Å². The average molecular weight is 1260 g/mol. The van der Waals surface area contributed by atoms with Crippen LogP contribution in [0.4, 0.5) is 0 Å². The predicted octanol–water partition coefficient (Wildman–Crippen LogP) is 17.0. The van der Waals surface area contributed by atoms with Gasteiger partial charge in [-0.2, -0.15) is 0 Å². The van der Waals surface area contributed by atoms with Crippen LogP contribution in [0.15, 0.2) is 121 Å². The molecule has 0 amide bonds.